The molecule has 2 aromatic carbocycles. The maximum absolute atomic E-state index is 14.2. The fraction of sp³-hybridized carbons (Fsp3) is 0.310. The van der Waals surface area contributed by atoms with E-state index in [4.69, 9.17) is 17.4 Å². The van der Waals surface area contributed by atoms with Crippen molar-refractivity contribution in [3.63, 3.8) is 0 Å². The zero-order chi connectivity index (χ0) is 26.5. The summed E-state index contributed by atoms with van der Waals surface area (Å²) >= 11 is 4.77. The molecule has 35 heavy (non-hydrogen) atoms. The number of hydrogen-bond donors (Lipinski definition) is 1. The van der Waals surface area contributed by atoms with Crippen LogP contribution in [0.15, 0.2) is 59.8 Å². The molecule has 0 amide bonds. The molecule has 0 aliphatic rings. The second kappa shape index (κ2) is 15.1. The van der Waals surface area contributed by atoms with Gasteiger partial charge in [-0.3, -0.25) is 4.98 Å². The molecule has 0 N–H and O–H groups in total. The van der Waals surface area contributed by atoms with Crippen molar-refractivity contribution in [3.8, 4) is 11.1 Å². The highest BCUT2D eigenvalue weighted by Crippen LogP contribution is 2.39. The van der Waals surface area contributed by atoms with Crippen molar-refractivity contribution in [1.82, 2.24) is 9.55 Å². The summed E-state index contributed by atoms with van der Waals surface area (Å²) in [7, 11) is 0. The van der Waals surface area contributed by atoms with Crippen LogP contribution >= 0.6 is 12.6 Å². The lowest BCUT2D eigenvalue weighted by Gasteiger charge is -2.10. The van der Waals surface area contributed by atoms with Gasteiger partial charge in [0.1, 0.15) is 17.9 Å². The van der Waals surface area contributed by atoms with E-state index < -0.39 is 11.6 Å². The molecule has 4 aromatic rings. The highest BCUT2D eigenvalue weighted by atomic mass is 32.1. The normalized spacial score (nSPS) is 9.77. The Morgan fingerprint density at radius 1 is 1.03 bits per heavy atom. The first-order valence-corrected chi connectivity index (χ1v) is 12.3. The summed E-state index contributed by atoms with van der Waals surface area (Å²) < 4.78 is 29.8. The molecule has 0 fully saturated rings. The van der Waals surface area contributed by atoms with Crippen molar-refractivity contribution in [2.24, 2.45) is 0 Å². The first kappa shape index (κ1) is 30.0. The van der Waals surface area contributed by atoms with E-state index >= 15 is 0 Å². The van der Waals surface area contributed by atoms with Gasteiger partial charge in [-0.25, -0.2) is 8.78 Å². The molecule has 0 aliphatic heterocycles. The molecule has 188 valence electrons. The van der Waals surface area contributed by atoms with Crippen LogP contribution in [0.1, 0.15) is 57.9 Å². The molecular formula is C29H36F2N2OS. The van der Waals surface area contributed by atoms with Crippen LogP contribution < -0.4 is 0 Å². The topological polar surface area (TPSA) is 34.9 Å². The molecular weight excluding hydrogens is 462 g/mol. The molecule has 0 saturated heterocycles. The van der Waals surface area contributed by atoms with Crippen LogP contribution in [-0.4, -0.2) is 15.8 Å². The first-order chi connectivity index (χ1) is 16.8. The third-order valence-corrected chi connectivity index (χ3v) is 5.27. The quantitative estimate of drug-likeness (QED) is 0.227. The molecule has 0 atom stereocenters. The number of carbonyl (C=O) groups excluding carboxylic acids is 1. The first-order valence-electron chi connectivity index (χ1n) is 11.9. The summed E-state index contributed by atoms with van der Waals surface area (Å²) in [5.41, 5.74) is 5.17. The van der Waals surface area contributed by atoms with E-state index in [2.05, 4.69) is 24.9 Å². The van der Waals surface area contributed by atoms with Crippen molar-refractivity contribution >= 4 is 29.8 Å². The lowest BCUT2D eigenvalue weighted by molar-refractivity contribution is -0.106. The van der Waals surface area contributed by atoms with Gasteiger partial charge in [0.25, 0.3) is 0 Å². The number of hydrogen-bond acceptors (Lipinski definition) is 3. The van der Waals surface area contributed by atoms with E-state index in [1.54, 1.807) is 6.20 Å². The standard InChI is InChI=1S/C22H18F2N2S.C3H8.C2H4O.C2H6/c1-13-5-8-20-18(10-13)21(17-4-3-9-25-14(17)2)22(27)26(20)12-15-11-16(23)6-7-19(15)24;1-3-2;1-2-3;1-2/h3-11,27H,12H2,1-2H3;3H2,1-2H3;2H,1H3;1-2H3. The maximum Gasteiger partial charge on any atom is 0.128 e. The van der Waals surface area contributed by atoms with Crippen LogP contribution in [0.4, 0.5) is 8.78 Å². The number of aryl methyl sites for hydroxylation is 2. The van der Waals surface area contributed by atoms with Gasteiger partial charge < -0.3 is 9.36 Å². The molecule has 6 heteroatoms. The van der Waals surface area contributed by atoms with Gasteiger partial charge in [0, 0.05) is 39.5 Å². The van der Waals surface area contributed by atoms with Crippen molar-refractivity contribution in [3.05, 3.63) is 83.2 Å². The Kier molecular flexibility index (Phi) is 13.0. The van der Waals surface area contributed by atoms with Gasteiger partial charge >= 0.3 is 0 Å². The molecule has 0 spiro atoms. The lowest BCUT2D eigenvalue weighted by Crippen LogP contribution is -2.03. The third-order valence-electron chi connectivity index (χ3n) is 4.80. The van der Waals surface area contributed by atoms with Crippen LogP contribution in [0.25, 0.3) is 22.0 Å². The highest BCUT2D eigenvalue weighted by molar-refractivity contribution is 7.80. The molecule has 4 rings (SSSR count). The highest BCUT2D eigenvalue weighted by Gasteiger charge is 2.19. The number of nitrogens with zero attached hydrogens (tertiary/aromatic N) is 2. The van der Waals surface area contributed by atoms with Gasteiger partial charge in [0.05, 0.1) is 11.6 Å². The minimum Gasteiger partial charge on any atom is -0.331 e. The fourth-order valence-electron chi connectivity index (χ4n) is 3.46. The number of pyridine rings is 1. The zero-order valence-electron chi connectivity index (χ0n) is 21.7. The number of thiol groups is 1. The number of fused-ring (bicyclic) bond motifs is 1. The lowest BCUT2D eigenvalue weighted by atomic mass is 10.0. The molecule has 2 heterocycles. The molecule has 2 aromatic heterocycles. The largest absolute Gasteiger partial charge is 0.331 e. The van der Waals surface area contributed by atoms with E-state index in [9.17, 15) is 8.78 Å². The minimum absolute atomic E-state index is 0.196. The van der Waals surface area contributed by atoms with Gasteiger partial charge in [-0.15, -0.1) is 12.6 Å². The van der Waals surface area contributed by atoms with Crippen LogP contribution in [-0.2, 0) is 11.3 Å². The number of rotatable bonds is 3. The molecule has 0 unspecified atom stereocenters. The fourth-order valence-corrected chi connectivity index (χ4v) is 3.88. The van der Waals surface area contributed by atoms with Crippen LogP contribution in [0.2, 0.25) is 0 Å². The van der Waals surface area contributed by atoms with Crippen molar-refractivity contribution in [1.29, 1.82) is 0 Å². The van der Waals surface area contributed by atoms with Crippen LogP contribution in [0.3, 0.4) is 0 Å². The average molecular weight is 499 g/mol. The Morgan fingerprint density at radius 2 is 1.66 bits per heavy atom. The summed E-state index contributed by atoms with van der Waals surface area (Å²) in [4.78, 5) is 13.2. The van der Waals surface area contributed by atoms with Crippen LogP contribution in [0.5, 0.6) is 0 Å². The average Bonchev–Trinajstić information content (AvgIpc) is 3.09. The number of carbonyl (C=O) groups is 1. The second-order valence-corrected chi connectivity index (χ2v) is 8.04. The Bertz CT molecular complexity index is 1240. The summed E-state index contributed by atoms with van der Waals surface area (Å²) in [5, 5.41) is 1.73. The van der Waals surface area contributed by atoms with Crippen molar-refractivity contribution < 1.29 is 13.6 Å². The monoisotopic (exact) mass is 498 g/mol. The summed E-state index contributed by atoms with van der Waals surface area (Å²) in [6.45, 7) is 13.9. The van der Waals surface area contributed by atoms with E-state index in [1.165, 1.54) is 19.4 Å². The van der Waals surface area contributed by atoms with Gasteiger partial charge in [0.15, 0.2) is 0 Å². The molecule has 0 bridgehead atoms. The van der Waals surface area contributed by atoms with Crippen LogP contribution in [0, 0.1) is 25.5 Å². The molecule has 3 nitrogen and oxygen atoms in total. The number of aldehydes is 1. The molecule has 0 saturated carbocycles. The number of benzene rings is 2. The third kappa shape index (κ3) is 7.76. The second-order valence-electron chi connectivity index (χ2n) is 7.62. The summed E-state index contributed by atoms with van der Waals surface area (Å²) in [6, 6.07) is 13.5. The molecule has 0 aliphatic carbocycles. The van der Waals surface area contributed by atoms with Gasteiger partial charge in [-0.1, -0.05) is 51.8 Å². The van der Waals surface area contributed by atoms with Gasteiger partial charge in [-0.05, 0) is 57.2 Å². The zero-order valence-corrected chi connectivity index (χ0v) is 22.6. The van der Waals surface area contributed by atoms with E-state index in [0.717, 1.165) is 51.7 Å². The number of halogens is 2. The SMILES string of the molecule is CC.CC=O.CCC.Cc1ccc2c(c1)c(-c1cccnc1C)c(S)n2Cc1cc(F)ccc1F. The molecule has 0 radical (unpaired) electrons. The Hall–Kier alpha value is -2.99. The minimum atomic E-state index is -0.456. The summed E-state index contributed by atoms with van der Waals surface area (Å²) in [6.07, 6.45) is 3.75. The number of aromatic nitrogens is 2. The Labute approximate surface area is 213 Å². The van der Waals surface area contributed by atoms with E-state index in [-0.39, 0.29) is 12.1 Å². The predicted molar refractivity (Wildman–Crippen MR) is 146 cm³/mol. The summed E-state index contributed by atoms with van der Waals surface area (Å²) in [5.74, 6) is -0.889. The van der Waals surface area contributed by atoms with Crippen molar-refractivity contribution in [2.45, 2.75) is 66.5 Å². The van der Waals surface area contributed by atoms with Crippen molar-refractivity contribution in [2.75, 3.05) is 0 Å². The predicted octanol–water partition coefficient (Wildman–Crippen LogP) is 8.58. The Balaban J connectivity index is 0.000000683. The van der Waals surface area contributed by atoms with Gasteiger partial charge in [0.2, 0.25) is 0 Å². The smallest absolute Gasteiger partial charge is 0.128 e. The van der Waals surface area contributed by atoms with E-state index in [1.807, 2.05) is 56.5 Å². The Morgan fingerprint density at radius 3 is 2.26 bits per heavy atom. The van der Waals surface area contributed by atoms with Gasteiger partial charge in [-0.2, -0.15) is 0 Å². The van der Waals surface area contributed by atoms with E-state index in [0.29, 0.717) is 5.03 Å². The maximum atomic E-state index is 14.2.